The predicted molar refractivity (Wildman–Crippen MR) is 45.9 cm³/mol. The van der Waals surface area contributed by atoms with Crippen LogP contribution in [0.5, 0.6) is 0 Å². The Morgan fingerprint density at radius 1 is 1.27 bits per heavy atom. The standard InChI is InChI=1S/C7H16NO2S/c1-7(2,3)5-6-11(9,10)8-4/h5-6H2,1-4H3. The van der Waals surface area contributed by atoms with Gasteiger partial charge >= 0.3 is 0 Å². The van der Waals surface area contributed by atoms with Gasteiger partial charge < -0.3 is 0 Å². The van der Waals surface area contributed by atoms with Gasteiger partial charge in [-0.25, -0.2) is 8.42 Å². The molecule has 0 heterocycles. The summed E-state index contributed by atoms with van der Waals surface area (Å²) in [6.45, 7) is 6.04. The molecule has 0 aromatic carbocycles. The minimum atomic E-state index is -3.13. The van der Waals surface area contributed by atoms with E-state index < -0.39 is 10.0 Å². The fourth-order valence-corrected chi connectivity index (χ4v) is 1.58. The van der Waals surface area contributed by atoms with Crippen LogP contribution in [-0.2, 0) is 10.0 Å². The lowest BCUT2D eigenvalue weighted by molar-refractivity contribution is 0.396. The molecule has 0 unspecified atom stereocenters. The molecule has 0 saturated carbocycles. The molecule has 0 spiro atoms. The zero-order valence-electron chi connectivity index (χ0n) is 7.59. The Morgan fingerprint density at radius 2 is 1.73 bits per heavy atom. The van der Waals surface area contributed by atoms with Crippen LogP contribution in [0.3, 0.4) is 0 Å². The zero-order valence-corrected chi connectivity index (χ0v) is 8.40. The molecule has 4 heteroatoms. The highest BCUT2D eigenvalue weighted by atomic mass is 32.2. The summed E-state index contributed by atoms with van der Waals surface area (Å²) >= 11 is 0. The fourth-order valence-electron chi connectivity index (χ4n) is 0.526. The molecule has 0 fully saturated rings. The van der Waals surface area contributed by atoms with Crippen LogP contribution in [0.15, 0.2) is 0 Å². The molecule has 0 rings (SSSR count). The first-order valence-electron chi connectivity index (χ1n) is 3.61. The maximum Gasteiger partial charge on any atom is 0.227 e. The van der Waals surface area contributed by atoms with Crippen LogP contribution in [0.4, 0.5) is 0 Å². The summed E-state index contributed by atoms with van der Waals surface area (Å²) in [5.74, 6) is 0.160. The van der Waals surface area contributed by atoms with E-state index in [-0.39, 0.29) is 11.2 Å². The van der Waals surface area contributed by atoms with E-state index >= 15 is 0 Å². The van der Waals surface area contributed by atoms with Crippen molar-refractivity contribution < 1.29 is 8.42 Å². The third kappa shape index (κ3) is 6.31. The molecular weight excluding hydrogens is 162 g/mol. The van der Waals surface area contributed by atoms with Gasteiger partial charge in [0.25, 0.3) is 0 Å². The van der Waals surface area contributed by atoms with Crippen molar-refractivity contribution in [2.24, 2.45) is 5.41 Å². The molecule has 3 nitrogen and oxygen atoms in total. The van der Waals surface area contributed by atoms with Crippen molar-refractivity contribution in [3.63, 3.8) is 0 Å². The highest BCUT2D eigenvalue weighted by molar-refractivity contribution is 7.89. The summed E-state index contributed by atoms with van der Waals surface area (Å²) in [6, 6.07) is 0. The Balaban J connectivity index is 3.91. The van der Waals surface area contributed by atoms with Gasteiger partial charge in [0.15, 0.2) is 0 Å². The topological polar surface area (TPSA) is 48.2 Å². The van der Waals surface area contributed by atoms with E-state index in [1.807, 2.05) is 20.8 Å². The quantitative estimate of drug-likeness (QED) is 0.647. The Morgan fingerprint density at radius 3 is 2.00 bits per heavy atom. The molecule has 0 saturated heterocycles. The molecule has 0 aliphatic rings. The van der Waals surface area contributed by atoms with Gasteiger partial charge in [0.1, 0.15) is 0 Å². The Kier molecular flexibility index (Phi) is 3.51. The van der Waals surface area contributed by atoms with Crippen LogP contribution in [0, 0.1) is 5.41 Å². The number of hydrogen-bond acceptors (Lipinski definition) is 2. The average molecular weight is 178 g/mol. The smallest absolute Gasteiger partial charge is 0.211 e. The first kappa shape index (κ1) is 10.9. The Hall–Kier alpha value is -0.0900. The van der Waals surface area contributed by atoms with Crippen molar-refractivity contribution in [1.82, 2.24) is 4.72 Å². The predicted octanol–water partition coefficient (Wildman–Crippen LogP) is 0.987. The van der Waals surface area contributed by atoms with E-state index in [0.29, 0.717) is 6.42 Å². The van der Waals surface area contributed by atoms with E-state index in [2.05, 4.69) is 4.72 Å². The highest BCUT2D eigenvalue weighted by Crippen LogP contribution is 2.18. The van der Waals surface area contributed by atoms with Crippen LogP contribution in [-0.4, -0.2) is 21.2 Å². The summed E-state index contributed by atoms with van der Waals surface area (Å²) in [7, 11) is -1.81. The molecular formula is C7H16NO2S. The molecule has 0 amide bonds. The van der Waals surface area contributed by atoms with Crippen molar-refractivity contribution >= 4 is 10.0 Å². The summed E-state index contributed by atoms with van der Waals surface area (Å²) < 4.78 is 25.1. The SMILES string of the molecule is C[N]S(=O)(=O)CCC(C)(C)C. The van der Waals surface area contributed by atoms with E-state index in [0.717, 1.165) is 0 Å². The van der Waals surface area contributed by atoms with Gasteiger partial charge in [-0.2, -0.15) is 0 Å². The lowest BCUT2D eigenvalue weighted by atomic mass is 9.94. The van der Waals surface area contributed by atoms with Gasteiger partial charge in [0.2, 0.25) is 10.0 Å². The van der Waals surface area contributed by atoms with Crippen molar-refractivity contribution in [3.05, 3.63) is 0 Å². The number of nitrogens with zero attached hydrogens (tertiary/aromatic N) is 1. The van der Waals surface area contributed by atoms with E-state index in [4.69, 9.17) is 0 Å². The van der Waals surface area contributed by atoms with Crippen LogP contribution in [0.2, 0.25) is 0 Å². The van der Waals surface area contributed by atoms with Gasteiger partial charge in [0.05, 0.1) is 5.75 Å². The third-order valence-electron chi connectivity index (χ3n) is 1.39. The molecule has 0 bridgehead atoms. The van der Waals surface area contributed by atoms with Crippen LogP contribution < -0.4 is 4.72 Å². The maximum atomic E-state index is 10.9. The second kappa shape index (κ2) is 3.54. The number of sulfonamides is 1. The molecule has 11 heavy (non-hydrogen) atoms. The highest BCUT2D eigenvalue weighted by Gasteiger charge is 2.16. The number of rotatable bonds is 3. The molecule has 0 aromatic heterocycles. The van der Waals surface area contributed by atoms with E-state index in [9.17, 15) is 8.42 Å². The molecule has 1 radical (unpaired) electrons. The summed E-state index contributed by atoms with van der Waals surface area (Å²) in [6.07, 6.45) is 0.659. The molecule has 67 valence electrons. The molecule has 0 aromatic rings. The minimum absolute atomic E-state index is 0.0672. The van der Waals surface area contributed by atoms with Crippen molar-refractivity contribution in [3.8, 4) is 0 Å². The molecule has 0 aliphatic heterocycles. The lowest BCUT2D eigenvalue weighted by Crippen LogP contribution is -2.20. The normalized spacial score (nSPS) is 13.5. The average Bonchev–Trinajstić information content (AvgIpc) is 1.83. The second-order valence-electron chi connectivity index (χ2n) is 3.78. The van der Waals surface area contributed by atoms with Crippen molar-refractivity contribution in [1.29, 1.82) is 0 Å². The fraction of sp³-hybridized carbons (Fsp3) is 1.00. The van der Waals surface area contributed by atoms with Crippen LogP contribution >= 0.6 is 0 Å². The first-order chi connectivity index (χ1) is 4.77. The maximum absolute atomic E-state index is 10.9. The summed E-state index contributed by atoms with van der Waals surface area (Å²) in [5, 5.41) is 0. The first-order valence-corrected chi connectivity index (χ1v) is 5.21. The molecule has 0 N–H and O–H groups in total. The molecule has 0 atom stereocenters. The van der Waals surface area contributed by atoms with Gasteiger partial charge in [-0.15, -0.1) is 4.72 Å². The van der Waals surface area contributed by atoms with E-state index in [1.54, 1.807) is 0 Å². The number of hydrogen-bond donors (Lipinski definition) is 0. The molecule has 0 aliphatic carbocycles. The zero-order chi connectivity index (χ0) is 9.12. The largest absolute Gasteiger partial charge is 0.227 e. The van der Waals surface area contributed by atoms with E-state index in [1.165, 1.54) is 7.05 Å². The lowest BCUT2D eigenvalue weighted by Gasteiger charge is -2.16. The monoisotopic (exact) mass is 178 g/mol. The van der Waals surface area contributed by atoms with Gasteiger partial charge in [-0.05, 0) is 11.8 Å². The summed E-state index contributed by atoms with van der Waals surface area (Å²) in [4.78, 5) is 0. The summed E-state index contributed by atoms with van der Waals surface area (Å²) in [5.41, 5.74) is 0.0672. The Bertz CT molecular complexity index is 201. The Labute approximate surface area is 69.2 Å². The van der Waals surface area contributed by atoms with Gasteiger partial charge in [-0.3, -0.25) is 0 Å². The van der Waals surface area contributed by atoms with Crippen LogP contribution in [0.25, 0.3) is 0 Å². The van der Waals surface area contributed by atoms with Crippen molar-refractivity contribution in [2.75, 3.05) is 12.8 Å². The van der Waals surface area contributed by atoms with Crippen molar-refractivity contribution in [2.45, 2.75) is 27.2 Å². The minimum Gasteiger partial charge on any atom is -0.211 e. The van der Waals surface area contributed by atoms with Gasteiger partial charge in [0, 0.05) is 7.05 Å². The second-order valence-corrected chi connectivity index (χ2v) is 5.72. The third-order valence-corrected chi connectivity index (χ3v) is 2.66. The van der Waals surface area contributed by atoms with Gasteiger partial charge in [-0.1, -0.05) is 20.8 Å². The van der Waals surface area contributed by atoms with Crippen LogP contribution in [0.1, 0.15) is 27.2 Å².